The summed E-state index contributed by atoms with van der Waals surface area (Å²) in [5, 5.41) is 9.39. The normalized spacial score (nSPS) is 10.7. The van der Waals surface area contributed by atoms with Crippen LogP contribution in [0.4, 0.5) is 5.69 Å². The largest absolute Gasteiger partial charge is 0.385 e. The lowest BCUT2D eigenvalue weighted by Crippen LogP contribution is -2.37. The molecule has 0 saturated heterocycles. The number of halogens is 1. The molecule has 0 aromatic heterocycles. The molecule has 136 valence electrons. The predicted octanol–water partition coefficient (Wildman–Crippen LogP) is 2.74. The lowest BCUT2D eigenvalue weighted by atomic mass is 10.2. The third-order valence-electron chi connectivity index (χ3n) is 3.19. The zero-order valence-corrected chi connectivity index (χ0v) is 17.1. The van der Waals surface area contributed by atoms with Crippen molar-refractivity contribution >= 4 is 41.5 Å². The number of rotatable bonds is 9. The molecule has 0 saturated carbocycles. The number of guanidine groups is 1. The number of methoxy groups -OCH3 is 1. The molecule has 3 N–H and O–H groups in total. The molecule has 0 spiro atoms. The molecule has 0 aliphatic heterocycles. The average molecular weight is 448 g/mol. The second-order valence-electron chi connectivity index (χ2n) is 5.20. The van der Waals surface area contributed by atoms with E-state index in [-0.39, 0.29) is 29.9 Å². The first-order valence-corrected chi connectivity index (χ1v) is 8.01. The minimum absolute atomic E-state index is 0. The van der Waals surface area contributed by atoms with Crippen LogP contribution in [0.5, 0.6) is 0 Å². The van der Waals surface area contributed by atoms with Crippen LogP contribution in [0, 0.1) is 0 Å². The maximum Gasteiger partial charge on any atom is 0.224 e. The van der Waals surface area contributed by atoms with Crippen molar-refractivity contribution in [3.8, 4) is 0 Å². The summed E-state index contributed by atoms with van der Waals surface area (Å²) in [4.78, 5) is 15.8. The van der Waals surface area contributed by atoms with Gasteiger partial charge in [0.25, 0.3) is 0 Å². The molecule has 0 heterocycles. The number of hydrogen-bond acceptors (Lipinski definition) is 3. The molecule has 24 heavy (non-hydrogen) atoms. The molecule has 1 rings (SSSR count). The van der Waals surface area contributed by atoms with Gasteiger partial charge in [0.2, 0.25) is 5.91 Å². The quantitative estimate of drug-likeness (QED) is 0.235. The van der Waals surface area contributed by atoms with Crippen LogP contribution in [0.2, 0.25) is 0 Å². The Balaban J connectivity index is 0.00000529. The smallest absolute Gasteiger partial charge is 0.224 e. The van der Waals surface area contributed by atoms with Crippen molar-refractivity contribution in [1.82, 2.24) is 10.6 Å². The molecule has 1 aromatic rings. The molecule has 0 unspecified atom stereocenters. The van der Waals surface area contributed by atoms with Crippen LogP contribution in [0.3, 0.4) is 0 Å². The predicted molar refractivity (Wildman–Crippen MR) is 110 cm³/mol. The molecule has 0 radical (unpaired) electrons. The van der Waals surface area contributed by atoms with Crippen LogP contribution >= 0.6 is 24.0 Å². The van der Waals surface area contributed by atoms with Gasteiger partial charge in [0.15, 0.2) is 5.96 Å². The van der Waals surface area contributed by atoms with Crippen LogP contribution in [0.15, 0.2) is 29.3 Å². The Morgan fingerprint density at radius 1 is 1.29 bits per heavy atom. The fourth-order valence-corrected chi connectivity index (χ4v) is 2.04. The molecule has 6 nitrogen and oxygen atoms in total. The van der Waals surface area contributed by atoms with Crippen molar-refractivity contribution in [2.45, 2.75) is 32.7 Å². The van der Waals surface area contributed by atoms with Gasteiger partial charge < -0.3 is 20.7 Å². The van der Waals surface area contributed by atoms with E-state index in [1.807, 2.05) is 31.2 Å². The highest BCUT2D eigenvalue weighted by Gasteiger charge is 2.02. The number of carbonyl (C=O) groups excluding carboxylic acids is 1. The SMILES string of the molecule is CCCC(=O)Nc1cccc(CNC(=NC)NCCCOC)c1.I. The zero-order valence-electron chi connectivity index (χ0n) is 14.7. The van der Waals surface area contributed by atoms with Gasteiger partial charge in [-0.25, -0.2) is 0 Å². The lowest BCUT2D eigenvalue weighted by molar-refractivity contribution is -0.116. The maximum atomic E-state index is 11.6. The first-order chi connectivity index (χ1) is 11.2. The summed E-state index contributed by atoms with van der Waals surface area (Å²) in [5.74, 6) is 0.801. The van der Waals surface area contributed by atoms with Gasteiger partial charge in [-0.2, -0.15) is 0 Å². The highest BCUT2D eigenvalue weighted by atomic mass is 127. The summed E-state index contributed by atoms with van der Waals surface area (Å²) in [5.41, 5.74) is 1.91. The number of carbonyl (C=O) groups is 1. The molecule has 0 aliphatic rings. The molecular formula is C17H29IN4O2. The number of hydrogen-bond donors (Lipinski definition) is 3. The number of benzene rings is 1. The fraction of sp³-hybridized carbons (Fsp3) is 0.529. The standard InChI is InChI=1S/C17H28N4O2.HI/c1-4-7-16(22)21-15-9-5-8-14(12-15)13-20-17(18-2)19-10-6-11-23-3;/h5,8-9,12H,4,6-7,10-11,13H2,1-3H3,(H,21,22)(H2,18,19,20);1H. The van der Waals surface area contributed by atoms with E-state index in [1.54, 1.807) is 14.2 Å². The first-order valence-electron chi connectivity index (χ1n) is 8.01. The van der Waals surface area contributed by atoms with E-state index in [9.17, 15) is 4.79 Å². The summed E-state index contributed by atoms with van der Waals surface area (Å²) in [6, 6.07) is 7.82. The number of nitrogens with zero attached hydrogens (tertiary/aromatic N) is 1. The summed E-state index contributed by atoms with van der Waals surface area (Å²) in [6.07, 6.45) is 2.31. The van der Waals surface area contributed by atoms with Crippen LogP contribution < -0.4 is 16.0 Å². The highest BCUT2D eigenvalue weighted by molar-refractivity contribution is 14.0. The van der Waals surface area contributed by atoms with E-state index in [0.29, 0.717) is 13.0 Å². The van der Waals surface area contributed by atoms with E-state index in [4.69, 9.17) is 4.74 Å². The summed E-state index contributed by atoms with van der Waals surface area (Å²) >= 11 is 0. The van der Waals surface area contributed by atoms with Gasteiger partial charge in [0.1, 0.15) is 0 Å². The van der Waals surface area contributed by atoms with Crippen molar-refractivity contribution < 1.29 is 9.53 Å². The Kier molecular flexibility index (Phi) is 13.2. The zero-order chi connectivity index (χ0) is 16.9. The molecule has 0 bridgehead atoms. The van der Waals surface area contributed by atoms with Gasteiger partial charge in [-0.1, -0.05) is 19.1 Å². The van der Waals surface area contributed by atoms with Gasteiger partial charge in [0, 0.05) is 46.0 Å². The summed E-state index contributed by atoms with van der Waals surface area (Å²) < 4.78 is 5.01. The number of anilines is 1. The highest BCUT2D eigenvalue weighted by Crippen LogP contribution is 2.11. The van der Waals surface area contributed by atoms with Crippen molar-refractivity contribution in [3.05, 3.63) is 29.8 Å². The topological polar surface area (TPSA) is 74.8 Å². The Morgan fingerprint density at radius 2 is 2.08 bits per heavy atom. The molecule has 1 amide bonds. The van der Waals surface area contributed by atoms with Gasteiger partial charge in [-0.15, -0.1) is 24.0 Å². The van der Waals surface area contributed by atoms with E-state index >= 15 is 0 Å². The van der Waals surface area contributed by atoms with Gasteiger partial charge in [-0.05, 0) is 30.5 Å². The number of nitrogens with one attached hydrogen (secondary N) is 3. The van der Waals surface area contributed by atoms with Gasteiger partial charge in [0.05, 0.1) is 0 Å². The third kappa shape index (κ3) is 9.71. The van der Waals surface area contributed by atoms with Crippen LogP contribution in [0.25, 0.3) is 0 Å². The average Bonchev–Trinajstić information content (AvgIpc) is 2.55. The Morgan fingerprint density at radius 3 is 2.75 bits per heavy atom. The maximum absolute atomic E-state index is 11.6. The second kappa shape index (κ2) is 14.0. The van der Waals surface area contributed by atoms with Crippen LogP contribution in [-0.4, -0.2) is 39.2 Å². The summed E-state index contributed by atoms with van der Waals surface area (Å²) in [7, 11) is 3.44. The minimum atomic E-state index is 0. The monoisotopic (exact) mass is 448 g/mol. The summed E-state index contributed by atoms with van der Waals surface area (Å²) in [6.45, 7) is 4.16. The van der Waals surface area contributed by atoms with E-state index in [0.717, 1.165) is 43.2 Å². The van der Waals surface area contributed by atoms with Crippen molar-refractivity contribution in [3.63, 3.8) is 0 Å². The Labute approximate surface area is 161 Å². The molecule has 0 fully saturated rings. The second-order valence-corrected chi connectivity index (χ2v) is 5.20. The molecule has 0 atom stereocenters. The third-order valence-corrected chi connectivity index (χ3v) is 3.19. The first kappa shape index (κ1) is 22.6. The Hall–Kier alpha value is -1.35. The van der Waals surface area contributed by atoms with E-state index in [2.05, 4.69) is 20.9 Å². The Bertz CT molecular complexity index is 509. The van der Waals surface area contributed by atoms with Crippen molar-refractivity contribution in [1.29, 1.82) is 0 Å². The molecule has 7 heteroatoms. The van der Waals surface area contributed by atoms with Crippen LogP contribution in [0.1, 0.15) is 31.7 Å². The van der Waals surface area contributed by atoms with Crippen molar-refractivity contribution in [2.75, 3.05) is 32.6 Å². The van der Waals surface area contributed by atoms with Gasteiger partial charge >= 0.3 is 0 Å². The lowest BCUT2D eigenvalue weighted by Gasteiger charge is -2.12. The molecule has 1 aromatic carbocycles. The number of ether oxygens (including phenoxy) is 1. The fourth-order valence-electron chi connectivity index (χ4n) is 2.04. The van der Waals surface area contributed by atoms with E-state index in [1.165, 1.54) is 0 Å². The number of aliphatic imine (C=N–C) groups is 1. The number of amides is 1. The molecular weight excluding hydrogens is 419 g/mol. The van der Waals surface area contributed by atoms with Crippen LogP contribution in [-0.2, 0) is 16.1 Å². The molecule has 0 aliphatic carbocycles. The minimum Gasteiger partial charge on any atom is -0.385 e. The van der Waals surface area contributed by atoms with Gasteiger partial charge in [-0.3, -0.25) is 9.79 Å². The van der Waals surface area contributed by atoms with E-state index < -0.39 is 0 Å². The van der Waals surface area contributed by atoms with Crippen molar-refractivity contribution in [2.24, 2.45) is 4.99 Å².